The second-order valence-corrected chi connectivity index (χ2v) is 33.4. The Balaban J connectivity index is 1.57. The van der Waals surface area contributed by atoms with Crippen LogP contribution < -0.4 is 21.2 Å². The van der Waals surface area contributed by atoms with Crippen LogP contribution in [0.3, 0.4) is 0 Å². The van der Waals surface area contributed by atoms with E-state index in [1.54, 1.807) is 6.07 Å². The molecule has 1 saturated carbocycles. The molecule has 1 heterocycles. The van der Waals surface area contributed by atoms with Crippen molar-refractivity contribution in [3.05, 3.63) is 154 Å². The zero-order chi connectivity index (χ0) is 46.6. The number of rotatable bonds is 8. The summed E-state index contributed by atoms with van der Waals surface area (Å²) in [4.78, 5) is 15.0. The summed E-state index contributed by atoms with van der Waals surface area (Å²) < 4.78 is 6.97. The molecule has 0 aromatic heterocycles. The third kappa shape index (κ3) is 8.95. The molecule has 0 radical (unpaired) electrons. The SMILES string of the molecule is CC1CC(C)[PH](c2ccc(C(C)(C)C)cc2)(c2ccc(C(C)(C)C)cc2)C(COC(=O)c2c(O)cccc2C=C2CCC2)[PH]1(c1ccc(C(C)(C)C)cc1)c1ccc(C(C)(C)C)cc1. The van der Waals surface area contributed by atoms with Gasteiger partial charge in [0.2, 0.25) is 0 Å². The molecule has 2 unspecified atom stereocenters. The molecule has 3 nitrogen and oxygen atoms in total. The Kier molecular flexibility index (Phi) is 13.2. The van der Waals surface area contributed by atoms with Crippen LogP contribution in [0.15, 0.2) is 121 Å². The molecule has 0 amide bonds. The van der Waals surface area contributed by atoms with Crippen LogP contribution in [-0.4, -0.2) is 34.4 Å². The Morgan fingerprint density at radius 3 is 1.20 bits per heavy atom. The fourth-order valence-corrected chi connectivity index (χ4v) is 29.1. The summed E-state index contributed by atoms with van der Waals surface area (Å²) in [5.74, 6) is -0.472. The number of allylic oxidation sites excluding steroid dienone is 1. The van der Waals surface area contributed by atoms with Crippen molar-refractivity contribution in [2.75, 3.05) is 6.61 Å². The molecule has 0 bridgehead atoms. The first-order chi connectivity index (χ1) is 29.9. The number of carbonyl (C=O) groups is 1. The van der Waals surface area contributed by atoms with Crippen molar-refractivity contribution in [1.82, 2.24) is 0 Å². The number of aromatic hydroxyl groups is 1. The van der Waals surface area contributed by atoms with E-state index in [1.165, 1.54) is 49.0 Å². The van der Waals surface area contributed by atoms with E-state index < -0.39 is 20.5 Å². The van der Waals surface area contributed by atoms with Crippen LogP contribution in [0.4, 0.5) is 0 Å². The zero-order valence-electron chi connectivity index (χ0n) is 41.6. The quantitative estimate of drug-likeness (QED) is 0.125. The average molecular weight is 897 g/mol. The van der Waals surface area contributed by atoms with Crippen LogP contribution in [0.1, 0.15) is 161 Å². The second kappa shape index (κ2) is 17.6. The van der Waals surface area contributed by atoms with E-state index in [0.29, 0.717) is 11.3 Å². The number of hydrogen-bond acceptors (Lipinski definition) is 3. The predicted molar refractivity (Wildman–Crippen MR) is 283 cm³/mol. The summed E-state index contributed by atoms with van der Waals surface area (Å²) in [6.07, 6.45) is 6.36. The first kappa shape index (κ1) is 47.9. The minimum absolute atomic E-state index is 0.00444. The van der Waals surface area contributed by atoms with Gasteiger partial charge in [0.05, 0.1) is 0 Å². The second-order valence-electron chi connectivity index (χ2n) is 23.6. The van der Waals surface area contributed by atoms with Gasteiger partial charge in [-0.1, -0.05) is 0 Å². The van der Waals surface area contributed by atoms with Gasteiger partial charge >= 0.3 is 390 Å². The molecule has 1 saturated heterocycles. The van der Waals surface area contributed by atoms with Crippen LogP contribution in [0, 0.1) is 0 Å². The molecule has 5 aromatic carbocycles. The van der Waals surface area contributed by atoms with Crippen LogP contribution in [0.5, 0.6) is 5.75 Å². The summed E-state index contributed by atoms with van der Waals surface area (Å²) in [6, 6.07) is 44.1. The Labute approximate surface area is 388 Å². The maximum atomic E-state index is 15.0. The average Bonchev–Trinajstić information content (AvgIpc) is 3.20. The van der Waals surface area contributed by atoms with E-state index in [0.717, 1.165) is 31.2 Å². The molecule has 7 rings (SSSR count). The van der Waals surface area contributed by atoms with Gasteiger partial charge < -0.3 is 0 Å². The summed E-state index contributed by atoms with van der Waals surface area (Å²) in [5.41, 5.74) is 8.20. The van der Waals surface area contributed by atoms with Gasteiger partial charge in [-0.25, -0.2) is 0 Å². The van der Waals surface area contributed by atoms with E-state index in [4.69, 9.17) is 4.74 Å². The third-order valence-electron chi connectivity index (χ3n) is 15.3. The van der Waals surface area contributed by atoms with Crippen molar-refractivity contribution < 1.29 is 14.6 Å². The Morgan fingerprint density at radius 1 is 0.562 bits per heavy atom. The molecular weight excluding hydrogens is 819 g/mol. The van der Waals surface area contributed by atoms with Gasteiger partial charge in [-0.05, 0) is 0 Å². The predicted octanol–water partition coefficient (Wildman–Crippen LogP) is 13.6. The van der Waals surface area contributed by atoms with Gasteiger partial charge in [-0.15, -0.1) is 0 Å². The Morgan fingerprint density at radius 2 is 0.906 bits per heavy atom. The van der Waals surface area contributed by atoms with E-state index in [1.807, 2.05) is 12.1 Å². The summed E-state index contributed by atoms with van der Waals surface area (Å²) in [7, 11) is -5.97. The fourth-order valence-electron chi connectivity index (χ4n) is 11.3. The summed E-state index contributed by atoms with van der Waals surface area (Å²) in [6.45, 7) is 32.8. The molecule has 1 aliphatic carbocycles. The van der Waals surface area contributed by atoms with Crippen LogP contribution in [0.2, 0.25) is 0 Å². The Hall–Kier alpha value is -4.03. The monoisotopic (exact) mass is 897 g/mol. The van der Waals surface area contributed by atoms with Crippen molar-refractivity contribution in [1.29, 1.82) is 0 Å². The molecule has 1 N–H and O–H groups in total. The van der Waals surface area contributed by atoms with Gasteiger partial charge in [0.1, 0.15) is 0 Å². The van der Waals surface area contributed by atoms with Crippen LogP contribution in [-0.2, 0) is 26.4 Å². The molecule has 5 aromatic rings. The molecule has 2 aliphatic rings. The summed E-state index contributed by atoms with van der Waals surface area (Å²) >= 11 is 0. The normalized spacial score (nSPS) is 21.0. The van der Waals surface area contributed by atoms with Gasteiger partial charge in [0, 0.05) is 0 Å². The first-order valence-corrected chi connectivity index (χ1v) is 28.3. The number of phenols is 1. The van der Waals surface area contributed by atoms with Crippen molar-refractivity contribution in [3.8, 4) is 5.75 Å². The molecule has 342 valence electrons. The molecule has 1 aliphatic heterocycles. The third-order valence-corrected chi connectivity index (χ3v) is 29.3. The minimum atomic E-state index is -2.98. The number of carbonyl (C=O) groups excluding carboxylic acids is 1. The van der Waals surface area contributed by atoms with E-state index in [2.05, 4.69) is 200 Å². The first-order valence-electron chi connectivity index (χ1n) is 24.0. The zero-order valence-corrected chi connectivity index (χ0v) is 43.6. The van der Waals surface area contributed by atoms with Gasteiger partial charge in [0.25, 0.3) is 0 Å². The van der Waals surface area contributed by atoms with Crippen LogP contribution in [0.25, 0.3) is 6.08 Å². The maximum absolute atomic E-state index is 15.0. The molecular formula is C59H78O3P2. The number of phenolic OH excluding ortho intramolecular Hbond substituents is 1. The molecule has 64 heavy (non-hydrogen) atoms. The molecule has 0 spiro atoms. The van der Waals surface area contributed by atoms with Crippen molar-refractivity contribution in [2.24, 2.45) is 0 Å². The van der Waals surface area contributed by atoms with Gasteiger partial charge in [0.15, 0.2) is 0 Å². The van der Waals surface area contributed by atoms with Crippen molar-refractivity contribution >= 4 is 47.8 Å². The van der Waals surface area contributed by atoms with Gasteiger partial charge in [-0.3, -0.25) is 0 Å². The van der Waals surface area contributed by atoms with E-state index in [9.17, 15) is 9.90 Å². The standard InChI is InChI=1S/C59H78O3P2/c1-40-37-41(2)64(50-33-25-46(26-34-50)58(9,10)11,51-35-27-47(28-36-51)59(12,13)14)53(39-62-55(61)54-43(19-16-20-52(54)60)38-42-17-15-18-42)63(40,48-29-21-44(22-30-48)56(3,4)5)49-31-23-45(24-32-49)57(6,7)8/h16,19-36,38,40-41,53,60,63-64H,15,17-18,37,39H2,1-14H3. The fraction of sp³-hybridized carbons (Fsp3) is 0.441. The number of esters is 1. The number of benzene rings is 5. The number of hydrogen-bond donors (Lipinski definition) is 1. The van der Waals surface area contributed by atoms with Crippen molar-refractivity contribution in [2.45, 2.75) is 161 Å². The van der Waals surface area contributed by atoms with Crippen molar-refractivity contribution in [3.63, 3.8) is 0 Å². The van der Waals surface area contributed by atoms with Crippen LogP contribution >= 0.6 is 14.5 Å². The molecule has 2 atom stereocenters. The summed E-state index contributed by atoms with van der Waals surface area (Å²) in [5, 5.41) is 17.0. The Bertz CT molecular complexity index is 2210. The molecule has 2 fully saturated rings. The van der Waals surface area contributed by atoms with E-state index >= 15 is 0 Å². The number of ether oxygens (including phenoxy) is 1. The van der Waals surface area contributed by atoms with Gasteiger partial charge in [-0.2, -0.15) is 0 Å². The van der Waals surface area contributed by atoms with E-state index in [-0.39, 0.29) is 45.0 Å². The molecule has 5 heteroatoms. The topological polar surface area (TPSA) is 46.5 Å².